The Labute approximate surface area is 115 Å². The van der Waals surface area contributed by atoms with Crippen molar-refractivity contribution in [1.29, 1.82) is 0 Å². The van der Waals surface area contributed by atoms with Gasteiger partial charge in [-0.15, -0.1) is 0 Å². The molecule has 0 saturated heterocycles. The van der Waals surface area contributed by atoms with E-state index in [-0.39, 0.29) is 18.4 Å². The lowest BCUT2D eigenvalue weighted by Crippen LogP contribution is -2.24. The number of benzene rings is 1. The van der Waals surface area contributed by atoms with Gasteiger partial charge in [-0.3, -0.25) is 4.79 Å². The molecular formula is C16H21NO2. The summed E-state index contributed by atoms with van der Waals surface area (Å²) in [5.74, 6) is 5.78. The van der Waals surface area contributed by atoms with Crippen LogP contribution in [0.1, 0.15) is 31.9 Å². The number of hydrogen-bond donors (Lipinski definition) is 2. The Hall–Kier alpha value is -1.79. The zero-order valence-corrected chi connectivity index (χ0v) is 11.9. The number of aliphatic hydroxyl groups is 1. The molecule has 3 heteroatoms. The summed E-state index contributed by atoms with van der Waals surface area (Å²) in [6, 6.07) is 5.62. The molecule has 1 atom stereocenters. The van der Waals surface area contributed by atoms with Crippen LogP contribution in [0.2, 0.25) is 0 Å². The molecule has 0 bridgehead atoms. The minimum Gasteiger partial charge on any atom is -0.384 e. The van der Waals surface area contributed by atoms with E-state index in [9.17, 15) is 4.79 Å². The van der Waals surface area contributed by atoms with Gasteiger partial charge in [0, 0.05) is 17.2 Å². The monoisotopic (exact) mass is 259 g/mol. The number of anilines is 1. The second-order valence-electron chi connectivity index (χ2n) is 5.01. The highest BCUT2D eigenvalue weighted by Crippen LogP contribution is 2.17. The zero-order valence-electron chi connectivity index (χ0n) is 11.9. The van der Waals surface area contributed by atoms with Gasteiger partial charge < -0.3 is 10.4 Å². The second kappa shape index (κ2) is 6.96. The molecule has 1 rings (SSSR count). The fourth-order valence-electron chi connectivity index (χ4n) is 1.53. The molecule has 0 spiro atoms. The Morgan fingerprint density at radius 1 is 1.37 bits per heavy atom. The van der Waals surface area contributed by atoms with Gasteiger partial charge >= 0.3 is 0 Å². The molecule has 1 aromatic carbocycles. The highest BCUT2D eigenvalue weighted by molar-refractivity contribution is 5.92. The van der Waals surface area contributed by atoms with Crippen LogP contribution in [0.5, 0.6) is 0 Å². The average molecular weight is 259 g/mol. The maximum Gasteiger partial charge on any atom is 0.227 e. The molecule has 1 amide bonds. The lowest BCUT2D eigenvalue weighted by atomic mass is 9.97. The van der Waals surface area contributed by atoms with Crippen molar-refractivity contribution in [3.05, 3.63) is 29.3 Å². The Kier molecular flexibility index (Phi) is 5.59. The van der Waals surface area contributed by atoms with Crippen LogP contribution < -0.4 is 5.32 Å². The van der Waals surface area contributed by atoms with Crippen molar-refractivity contribution in [3.63, 3.8) is 0 Å². The molecule has 0 aliphatic heterocycles. The summed E-state index contributed by atoms with van der Waals surface area (Å²) in [7, 11) is 0. The van der Waals surface area contributed by atoms with E-state index >= 15 is 0 Å². The van der Waals surface area contributed by atoms with Gasteiger partial charge in [0.2, 0.25) is 5.91 Å². The van der Waals surface area contributed by atoms with E-state index in [0.717, 1.165) is 16.8 Å². The van der Waals surface area contributed by atoms with E-state index in [1.54, 1.807) is 0 Å². The van der Waals surface area contributed by atoms with Crippen LogP contribution in [-0.4, -0.2) is 17.6 Å². The molecule has 0 aliphatic carbocycles. The molecule has 2 N–H and O–H groups in total. The Morgan fingerprint density at radius 2 is 2.05 bits per heavy atom. The molecule has 3 nitrogen and oxygen atoms in total. The van der Waals surface area contributed by atoms with Gasteiger partial charge in [-0.05, 0) is 30.5 Å². The van der Waals surface area contributed by atoms with Crippen molar-refractivity contribution in [1.82, 2.24) is 0 Å². The van der Waals surface area contributed by atoms with Crippen molar-refractivity contribution in [3.8, 4) is 11.8 Å². The van der Waals surface area contributed by atoms with E-state index in [4.69, 9.17) is 5.11 Å². The average Bonchev–Trinajstić information content (AvgIpc) is 2.38. The summed E-state index contributed by atoms with van der Waals surface area (Å²) in [6.07, 6.45) is 0. The quantitative estimate of drug-likeness (QED) is 0.820. The van der Waals surface area contributed by atoms with E-state index in [1.165, 1.54) is 0 Å². The number of nitrogens with one attached hydrogen (secondary N) is 1. The first kappa shape index (κ1) is 15.3. The topological polar surface area (TPSA) is 49.3 Å². The van der Waals surface area contributed by atoms with Crippen LogP contribution in [-0.2, 0) is 4.79 Å². The molecule has 0 heterocycles. The predicted molar refractivity (Wildman–Crippen MR) is 77.8 cm³/mol. The van der Waals surface area contributed by atoms with Crippen LogP contribution >= 0.6 is 0 Å². The second-order valence-corrected chi connectivity index (χ2v) is 5.01. The van der Waals surface area contributed by atoms with Crippen LogP contribution in [0.3, 0.4) is 0 Å². The highest BCUT2D eigenvalue weighted by Gasteiger charge is 2.16. The third-order valence-corrected chi connectivity index (χ3v) is 3.22. The number of rotatable bonds is 3. The molecule has 0 radical (unpaired) electrons. The number of hydrogen-bond acceptors (Lipinski definition) is 2. The van der Waals surface area contributed by atoms with Crippen molar-refractivity contribution < 1.29 is 9.90 Å². The van der Waals surface area contributed by atoms with Crippen LogP contribution in [0, 0.1) is 30.6 Å². The molecule has 0 aromatic heterocycles. The zero-order chi connectivity index (χ0) is 14.4. The van der Waals surface area contributed by atoms with E-state index in [1.807, 2.05) is 45.9 Å². The summed E-state index contributed by atoms with van der Waals surface area (Å²) < 4.78 is 0. The normalized spacial score (nSPS) is 11.7. The maximum absolute atomic E-state index is 12.0. The van der Waals surface area contributed by atoms with Gasteiger partial charge in [0.15, 0.2) is 0 Å². The smallest absolute Gasteiger partial charge is 0.227 e. The van der Waals surface area contributed by atoms with Crippen molar-refractivity contribution >= 4 is 11.6 Å². The number of aliphatic hydroxyl groups excluding tert-OH is 1. The first-order valence-corrected chi connectivity index (χ1v) is 6.47. The molecule has 0 saturated carbocycles. The van der Waals surface area contributed by atoms with Crippen LogP contribution in [0.15, 0.2) is 18.2 Å². The number of carbonyl (C=O) groups excluding carboxylic acids is 1. The standard InChI is InChI=1S/C16H21NO2/c1-11(2)13(4)16(19)17-15-8-7-12(3)14(10-15)6-5-9-18/h7-8,10-11,13,18H,9H2,1-4H3,(H,17,19). The maximum atomic E-state index is 12.0. The first-order valence-electron chi connectivity index (χ1n) is 6.47. The fraction of sp³-hybridized carbons (Fsp3) is 0.438. The van der Waals surface area contributed by atoms with E-state index < -0.39 is 0 Å². The highest BCUT2D eigenvalue weighted by atomic mass is 16.2. The van der Waals surface area contributed by atoms with Gasteiger partial charge in [0.25, 0.3) is 0 Å². The van der Waals surface area contributed by atoms with E-state index in [0.29, 0.717) is 5.92 Å². The van der Waals surface area contributed by atoms with Crippen molar-refractivity contribution in [2.75, 3.05) is 11.9 Å². The number of aryl methyl sites for hydroxylation is 1. The number of amides is 1. The summed E-state index contributed by atoms with van der Waals surface area (Å²) in [6.45, 7) is 7.75. The predicted octanol–water partition coefficient (Wildman–Crippen LogP) is 2.57. The lowest BCUT2D eigenvalue weighted by Gasteiger charge is -2.15. The minimum atomic E-state index is -0.166. The minimum absolute atomic E-state index is 0.0138. The largest absolute Gasteiger partial charge is 0.384 e. The molecule has 1 aromatic rings. The summed E-state index contributed by atoms with van der Waals surface area (Å²) >= 11 is 0. The summed E-state index contributed by atoms with van der Waals surface area (Å²) in [4.78, 5) is 12.0. The third kappa shape index (κ3) is 4.42. The van der Waals surface area contributed by atoms with Gasteiger partial charge in [0.1, 0.15) is 6.61 Å². The Bertz CT molecular complexity index is 509. The summed E-state index contributed by atoms with van der Waals surface area (Å²) in [5, 5.41) is 11.6. The van der Waals surface area contributed by atoms with Crippen molar-refractivity contribution in [2.45, 2.75) is 27.7 Å². The van der Waals surface area contributed by atoms with Gasteiger partial charge in [0.05, 0.1) is 0 Å². The van der Waals surface area contributed by atoms with Gasteiger partial charge in [-0.25, -0.2) is 0 Å². The number of carbonyl (C=O) groups is 1. The lowest BCUT2D eigenvalue weighted by molar-refractivity contribution is -0.120. The van der Waals surface area contributed by atoms with Crippen LogP contribution in [0.25, 0.3) is 0 Å². The van der Waals surface area contributed by atoms with Gasteiger partial charge in [-0.1, -0.05) is 38.7 Å². The van der Waals surface area contributed by atoms with Crippen LogP contribution in [0.4, 0.5) is 5.69 Å². The molecule has 0 aliphatic rings. The third-order valence-electron chi connectivity index (χ3n) is 3.22. The first-order chi connectivity index (χ1) is 8.95. The van der Waals surface area contributed by atoms with Gasteiger partial charge in [-0.2, -0.15) is 0 Å². The van der Waals surface area contributed by atoms with Crippen molar-refractivity contribution in [2.24, 2.45) is 11.8 Å². The Balaban J connectivity index is 2.88. The SMILES string of the molecule is Cc1ccc(NC(=O)C(C)C(C)C)cc1C#CCO. The molecule has 1 unspecified atom stereocenters. The molecule has 19 heavy (non-hydrogen) atoms. The molecule has 102 valence electrons. The summed E-state index contributed by atoms with van der Waals surface area (Å²) in [5.41, 5.74) is 2.59. The molecule has 0 fully saturated rings. The fourth-order valence-corrected chi connectivity index (χ4v) is 1.53. The Morgan fingerprint density at radius 3 is 2.63 bits per heavy atom. The van der Waals surface area contributed by atoms with E-state index in [2.05, 4.69) is 17.2 Å². The molecular weight excluding hydrogens is 238 g/mol.